The summed E-state index contributed by atoms with van der Waals surface area (Å²) in [7, 11) is 0. The second-order valence-electron chi connectivity index (χ2n) is 12.7. The van der Waals surface area contributed by atoms with Gasteiger partial charge in [-0.2, -0.15) is 13.2 Å². The van der Waals surface area contributed by atoms with E-state index in [-0.39, 0.29) is 11.1 Å². The number of alkyl halides is 3. The number of rotatable bonds is 8. The van der Waals surface area contributed by atoms with Crippen molar-refractivity contribution in [1.82, 2.24) is 29.4 Å². The van der Waals surface area contributed by atoms with Crippen molar-refractivity contribution >= 4 is 39.5 Å². The molecule has 2 aliphatic carbocycles. The van der Waals surface area contributed by atoms with Gasteiger partial charge in [0.05, 0.1) is 38.6 Å². The lowest BCUT2D eigenvalue weighted by Crippen LogP contribution is -2.49. The van der Waals surface area contributed by atoms with Crippen LogP contribution in [0.3, 0.4) is 0 Å². The molecule has 3 atom stereocenters. The Balaban J connectivity index is 1.06. The number of halogens is 4. The van der Waals surface area contributed by atoms with Crippen molar-refractivity contribution in [3.05, 3.63) is 47.1 Å². The normalized spacial score (nSPS) is 26.6. The highest BCUT2D eigenvalue weighted by Gasteiger charge is 2.46. The number of nitrogens with two attached hydrogens (primary N) is 1. The van der Waals surface area contributed by atoms with Gasteiger partial charge >= 0.3 is 6.18 Å². The van der Waals surface area contributed by atoms with Crippen molar-refractivity contribution in [2.24, 2.45) is 11.8 Å². The fraction of sp³-hybridized carbons (Fsp3) is 0.567. The molecular weight excluding hydrogens is 567 g/mol. The van der Waals surface area contributed by atoms with E-state index in [0.717, 1.165) is 49.3 Å². The smallest absolute Gasteiger partial charge is 0.388 e. The number of nitrogens with zero attached hydrogens (tertiary/aromatic N) is 5. The standard InChI is InChI=1S/C30H37ClF3N7O/c1-16(2)41(14-18-10-25(29(3,42)13-18)40-7-6-20-27(35)36-15-37-28(20)40)19-8-17(9-19)4-5-26-38-23-11-21(30(32,33)34)22(31)12-24(23)39-26/h6-7,11-12,15-19,25,42H,4-5,8-10,13-14H2,1-3H3,(H,38,39)(H2,35,36,37)/t17-,18-,19-,25+,29-/m0/s1. The topological polar surface area (TPSA) is 109 Å². The molecule has 0 unspecified atom stereocenters. The summed E-state index contributed by atoms with van der Waals surface area (Å²) in [5.74, 6) is 2.01. The third-order valence-electron chi connectivity index (χ3n) is 9.38. The number of fused-ring (bicyclic) bond motifs is 2. The van der Waals surface area contributed by atoms with Gasteiger partial charge in [0.25, 0.3) is 0 Å². The van der Waals surface area contributed by atoms with Crippen LogP contribution in [0.15, 0.2) is 30.7 Å². The molecule has 2 saturated carbocycles. The summed E-state index contributed by atoms with van der Waals surface area (Å²) in [6.07, 6.45) is 4.24. The molecule has 4 N–H and O–H groups in total. The van der Waals surface area contributed by atoms with E-state index < -0.39 is 17.3 Å². The van der Waals surface area contributed by atoms with Crippen LogP contribution < -0.4 is 5.73 Å². The summed E-state index contributed by atoms with van der Waals surface area (Å²) in [5, 5.41) is 11.9. The molecular formula is C30H37ClF3N7O. The number of hydrogen-bond donors (Lipinski definition) is 3. The lowest BCUT2D eigenvalue weighted by molar-refractivity contribution is -0.137. The number of aliphatic hydroxyl groups is 1. The predicted octanol–water partition coefficient (Wildman–Crippen LogP) is 6.39. The Morgan fingerprint density at radius 1 is 1.21 bits per heavy atom. The molecule has 0 radical (unpaired) electrons. The predicted molar refractivity (Wildman–Crippen MR) is 157 cm³/mol. The van der Waals surface area contributed by atoms with E-state index in [0.29, 0.717) is 59.4 Å². The van der Waals surface area contributed by atoms with Gasteiger partial charge in [0.15, 0.2) is 0 Å². The maximum absolute atomic E-state index is 13.2. The van der Waals surface area contributed by atoms with E-state index >= 15 is 0 Å². The average Bonchev–Trinajstić information content (AvgIpc) is 3.55. The third kappa shape index (κ3) is 5.46. The number of anilines is 1. The van der Waals surface area contributed by atoms with Gasteiger partial charge in [-0.1, -0.05) is 11.6 Å². The molecule has 226 valence electrons. The van der Waals surface area contributed by atoms with Gasteiger partial charge in [-0.3, -0.25) is 4.90 Å². The van der Waals surface area contributed by atoms with Crippen LogP contribution in [-0.4, -0.2) is 58.7 Å². The monoisotopic (exact) mass is 603 g/mol. The van der Waals surface area contributed by atoms with E-state index in [1.807, 2.05) is 19.2 Å². The maximum atomic E-state index is 13.2. The molecule has 3 aromatic heterocycles. The highest BCUT2D eigenvalue weighted by Crippen LogP contribution is 2.46. The number of hydrogen-bond acceptors (Lipinski definition) is 6. The van der Waals surface area contributed by atoms with Crippen molar-refractivity contribution in [1.29, 1.82) is 0 Å². The minimum Gasteiger partial charge on any atom is -0.388 e. The molecule has 0 spiro atoms. The van der Waals surface area contributed by atoms with Gasteiger partial charge in [0.2, 0.25) is 0 Å². The Labute approximate surface area is 247 Å². The molecule has 12 heteroatoms. The van der Waals surface area contributed by atoms with E-state index in [2.05, 4.69) is 43.3 Å². The third-order valence-corrected chi connectivity index (χ3v) is 9.69. The largest absolute Gasteiger partial charge is 0.417 e. The van der Waals surface area contributed by atoms with Crippen LogP contribution in [0.5, 0.6) is 0 Å². The molecule has 8 nitrogen and oxygen atoms in total. The van der Waals surface area contributed by atoms with Crippen molar-refractivity contribution < 1.29 is 18.3 Å². The number of imidazole rings is 1. The van der Waals surface area contributed by atoms with Crippen LogP contribution in [0.4, 0.5) is 19.0 Å². The van der Waals surface area contributed by atoms with Crippen LogP contribution in [0.2, 0.25) is 5.02 Å². The first-order valence-electron chi connectivity index (χ1n) is 14.6. The molecule has 1 aromatic carbocycles. The van der Waals surface area contributed by atoms with Crippen molar-refractivity contribution in [2.45, 2.75) is 89.2 Å². The molecule has 3 heterocycles. The lowest BCUT2D eigenvalue weighted by Gasteiger charge is -2.46. The number of aromatic nitrogens is 5. The summed E-state index contributed by atoms with van der Waals surface area (Å²) in [6, 6.07) is 5.01. The fourth-order valence-corrected chi connectivity index (χ4v) is 7.48. The maximum Gasteiger partial charge on any atom is 0.417 e. The number of aryl methyl sites for hydroxylation is 1. The van der Waals surface area contributed by atoms with Crippen molar-refractivity contribution in [2.75, 3.05) is 12.3 Å². The van der Waals surface area contributed by atoms with Gasteiger partial charge in [-0.15, -0.1) is 0 Å². The van der Waals surface area contributed by atoms with E-state index in [4.69, 9.17) is 17.3 Å². The molecule has 4 aromatic rings. The molecule has 2 fully saturated rings. The second-order valence-corrected chi connectivity index (χ2v) is 13.2. The molecule has 42 heavy (non-hydrogen) atoms. The summed E-state index contributed by atoms with van der Waals surface area (Å²) in [4.78, 5) is 18.7. The van der Waals surface area contributed by atoms with E-state index in [9.17, 15) is 18.3 Å². The number of H-pyrrole nitrogens is 1. The summed E-state index contributed by atoms with van der Waals surface area (Å²) in [5.41, 5.74) is 5.90. The fourth-order valence-electron chi connectivity index (χ4n) is 7.22. The molecule has 0 aliphatic heterocycles. The SMILES string of the molecule is CC(C)N(C[C@H]1C[C@@H](n2ccc3c(N)ncnc32)[C@@](C)(O)C1)[C@H]1C[C@H](CCc2nc3cc(Cl)c(C(F)(F)F)cc3[nH]2)C1. The Bertz CT molecular complexity index is 1590. The summed E-state index contributed by atoms with van der Waals surface area (Å²) < 4.78 is 41.7. The van der Waals surface area contributed by atoms with E-state index in [1.165, 1.54) is 12.4 Å². The van der Waals surface area contributed by atoms with Gasteiger partial charge in [-0.05, 0) is 82.9 Å². The number of nitrogen functional groups attached to an aromatic ring is 1. The minimum atomic E-state index is -4.50. The summed E-state index contributed by atoms with van der Waals surface area (Å²) in [6.45, 7) is 7.30. The molecule has 0 saturated heterocycles. The lowest BCUT2D eigenvalue weighted by atomic mass is 9.76. The van der Waals surface area contributed by atoms with Crippen LogP contribution in [-0.2, 0) is 12.6 Å². The average molecular weight is 604 g/mol. The minimum absolute atomic E-state index is 0.0941. The zero-order valence-corrected chi connectivity index (χ0v) is 24.8. The quantitative estimate of drug-likeness (QED) is 0.215. The zero-order valence-electron chi connectivity index (χ0n) is 24.0. The van der Waals surface area contributed by atoms with Gasteiger partial charge in [0, 0.05) is 31.2 Å². The van der Waals surface area contributed by atoms with Crippen molar-refractivity contribution in [3.63, 3.8) is 0 Å². The zero-order chi connectivity index (χ0) is 30.0. The number of nitrogens with one attached hydrogen (secondary N) is 1. The highest BCUT2D eigenvalue weighted by atomic mass is 35.5. The number of benzene rings is 1. The van der Waals surface area contributed by atoms with Crippen LogP contribution >= 0.6 is 11.6 Å². The Hall–Kier alpha value is -2.89. The van der Waals surface area contributed by atoms with Crippen LogP contribution in [0.25, 0.3) is 22.1 Å². The molecule has 6 rings (SSSR count). The van der Waals surface area contributed by atoms with E-state index in [1.54, 1.807) is 0 Å². The molecule has 0 amide bonds. The van der Waals surface area contributed by atoms with Gasteiger partial charge in [-0.25, -0.2) is 15.0 Å². The molecule has 0 bridgehead atoms. The number of aromatic amines is 1. The highest BCUT2D eigenvalue weighted by molar-refractivity contribution is 6.32. The van der Waals surface area contributed by atoms with Gasteiger partial charge in [0.1, 0.15) is 23.6 Å². The summed E-state index contributed by atoms with van der Waals surface area (Å²) >= 11 is 5.86. The van der Waals surface area contributed by atoms with Crippen LogP contribution in [0, 0.1) is 11.8 Å². The first-order valence-corrected chi connectivity index (χ1v) is 15.0. The van der Waals surface area contributed by atoms with Gasteiger partial charge < -0.3 is 20.4 Å². The first-order chi connectivity index (χ1) is 19.8. The molecule has 2 aliphatic rings. The Morgan fingerprint density at radius 3 is 2.69 bits per heavy atom. The Kier molecular flexibility index (Phi) is 7.42. The van der Waals surface area contributed by atoms with Crippen molar-refractivity contribution in [3.8, 4) is 0 Å². The second kappa shape index (κ2) is 10.7. The van der Waals surface area contributed by atoms with Crippen LogP contribution in [0.1, 0.15) is 70.3 Å². The Morgan fingerprint density at radius 2 is 1.98 bits per heavy atom. The first kappa shape index (κ1) is 29.2.